The number of nitro groups is 1. The highest BCUT2D eigenvalue weighted by molar-refractivity contribution is 6.30. The van der Waals surface area contributed by atoms with Crippen LogP contribution in [0.2, 0.25) is 5.02 Å². The van der Waals surface area contributed by atoms with Crippen LogP contribution in [0, 0.1) is 17.0 Å². The quantitative estimate of drug-likeness (QED) is 0.168. The van der Waals surface area contributed by atoms with Crippen LogP contribution in [0.15, 0.2) is 71.4 Å². The van der Waals surface area contributed by atoms with Gasteiger partial charge in [-0.1, -0.05) is 35.9 Å². The molecule has 178 valence electrons. The van der Waals surface area contributed by atoms with E-state index in [1.54, 1.807) is 49.4 Å². The fraction of sp³-hybridized carbons (Fsp3) is 0.154. The predicted molar refractivity (Wildman–Crippen MR) is 132 cm³/mol. The van der Waals surface area contributed by atoms with Crippen LogP contribution in [-0.4, -0.2) is 23.4 Å². The molecule has 0 fully saturated rings. The molecule has 0 radical (unpaired) electrons. The van der Waals surface area contributed by atoms with Crippen molar-refractivity contribution >= 4 is 35.2 Å². The summed E-state index contributed by atoms with van der Waals surface area (Å²) in [6.07, 6.45) is 1.56. The van der Waals surface area contributed by atoms with Crippen LogP contribution in [0.1, 0.15) is 29.2 Å². The number of nitro benzene ring substituents is 1. The van der Waals surface area contributed by atoms with Gasteiger partial charge in [-0.05, 0) is 61.4 Å². The Kier molecular flexibility index (Phi) is 7.12. The third kappa shape index (κ3) is 5.67. The number of aliphatic imine (C=N–C) groups is 1. The lowest BCUT2D eigenvalue weighted by molar-refractivity contribution is -0.385. The van der Waals surface area contributed by atoms with E-state index in [9.17, 15) is 14.9 Å². The zero-order valence-corrected chi connectivity index (χ0v) is 19.7. The van der Waals surface area contributed by atoms with Gasteiger partial charge in [0.25, 0.3) is 5.69 Å². The van der Waals surface area contributed by atoms with E-state index >= 15 is 0 Å². The van der Waals surface area contributed by atoms with Gasteiger partial charge in [-0.25, -0.2) is 9.79 Å². The first kappa shape index (κ1) is 24.0. The Hall–Kier alpha value is -4.17. The van der Waals surface area contributed by atoms with Crippen molar-refractivity contribution in [3.05, 3.63) is 104 Å². The largest absolute Gasteiger partial charge is 0.490 e. The van der Waals surface area contributed by atoms with E-state index in [4.69, 9.17) is 25.8 Å². The van der Waals surface area contributed by atoms with E-state index < -0.39 is 10.9 Å². The number of benzene rings is 3. The molecule has 0 N–H and O–H groups in total. The highest BCUT2D eigenvalue weighted by atomic mass is 35.5. The van der Waals surface area contributed by atoms with Gasteiger partial charge < -0.3 is 14.2 Å². The summed E-state index contributed by atoms with van der Waals surface area (Å²) in [6, 6.07) is 17.2. The van der Waals surface area contributed by atoms with Gasteiger partial charge in [-0.3, -0.25) is 10.1 Å². The summed E-state index contributed by atoms with van der Waals surface area (Å²) in [5, 5.41) is 11.9. The van der Waals surface area contributed by atoms with E-state index in [1.165, 1.54) is 6.07 Å². The maximum Gasteiger partial charge on any atom is 0.363 e. The Balaban J connectivity index is 1.58. The summed E-state index contributed by atoms with van der Waals surface area (Å²) in [5.41, 5.74) is 2.40. The average molecular weight is 493 g/mol. The standard InChI is InChI=1S/C26H21ClN2O6/c1-3-33-24-13-17(8-10-23(24)34-15-18-5-4-6-20(27)11-18)12-21-26(30)35-25(28-21)19-9-7-16(2)22(14-19)29(31)32/h4-14H,3,15H2,1-2H3/b21-12-. The summed E-state index contributed by atoms with van der Waals surface area (Å²) in [5.74, 6) is 0.408. The fourth-order valence-corrected chi connectivity index (χ4v) is 3.63. The summed E-state index contributed by atoms with van der Waals surface area (Å²) < 4.78 is 16.9. The number of hydrogen-bond acceptors (Lipinski definition) is 7. The van der Waals surface area contributed by atoms with Crippen LogP contribution in [0.5, 0.6) is 11.5 Å². The van der Waals surface area contributed by atoms with Crippen molar-refractivity contribution in [1.82, 2.24) is 0 Å². The molecule has 0 spiro atoms. The summed E-state index contributed by atoms with van der Waals surface area (Å²) >= 11 is 6.03. The van der Waals surface area contributed by atoms with Crippen LogP contribution in [-0.2, 0) is 16.1 Å². The van der Waals surface area contributed by atoms with E-state index in [-0.39, 0.29) is 17.3 Å². The van der Waals surface area contributed by atoms with E-state index in [0.29, 0.717) is 46.4 Å². The number of hydrogen-bond donors (Lipinski definition) is 0. The van der Waals surface area contributed by atoms with Crippen molar-refractivity contribution < 1.29 is 23.9 Å². The first-order chi connectivity index (χ1) is 16.8. The molecule has 0 aromatic heterocycles. The lowest BCUT2D eigenvalue weighted by Gasteiger charge is -2.13. The number of rotatable bonds is 8. The second-order valence-electron chi connectivity index (χ2n) is 7.65. The van der Waals surface area contributed by atoms with Crippen LogP contribution < -0.4 is 9.47 Å². The minimum absolute atomic E-state index is 0.0101. The van der Waals surface area contributed by atoms with Crippen LogP contribution in [0.25, 0.3) is 6.08 Å². The molecule has 0 saturated carbocycles. The highest BCUT2D eigenvalue weighted by Gasteiger charge is 2.26. The fourth-order valence-electron chi connectivity index (χ4n) is 3.42. The van der Waals surface area contributed by atoms with E-state index in [0.717, 1.165) is 5.56 Å². The molecule has 0 unspecified atom stereocenters. The Morgan fingerprint density at radius 3 is 2.66 bits per heavy atom. The molecule has 35 heavy (non-hydrogen) atoms. The van der Waals surface area contributed by atoms with Gasteiger partial charge in [0.1, 0.15) is 6.61 Å². The van der Waals surface area contributed by atoms with Gasteiger partial charge in [0, 0.05) is 22.2 Å². The molecule has 0 saturated heterocycles. The Bertz CT molecular complexity index is 1370. The van der Waals surface area contributed by atoms with Gasteiger partial charge in [0.05, 0.1) is 11.5 Å². The Morgan fingerprint density at radius 2 is 1.91 bits per heavy atom. The number of halogens is 1. The summed E-state index contributed by atoms with van der Waals surface area (Å²) in [6.45, 7) is 4.22. The zero-order chi connectivity index (χ0) is 24.9. The number of carbonyl (C=O) groups is 1. The molecule has 3 aromatic rings. The second-order valence-corrected chi connectivity index (χ2v) is 8.09. The third-order valence-electron chi connectivity index (χ3n) is 5.13. The summed E-state index contributed by atoms with van der Waals surface area (Å²) in [7, 11) is 0. The van der Waals surface area contributed by atoms with Crippen LogP contribution in [0.4, 0.5) is 5.69 Å². The number of esters is 1. The van der Waals surface area contributed by atoms with Crippen LogP contribution in [0.3, 0.4) is 0 Å². The van der Waals surface area contributed by atoms with Gasteiger partial charge >= 0.3 is 5.97 Å². The summed E-state index contributed by atoms with van der Waals surface area (Å²) in [4.78, 5) is 27.4. The smallest absolute Gasteiger partial charge is 0.363 e. The SMILES string of the molecule is CCOc1cc(/C=C2\N=C(c3ccc(C)c([N+](=O)[O-])c3)OC2=O)ccc1OCc1cccc(Cl)c1. The lowest BCUT2D eigenvalue weighted by Crippen LogP contribution is -2.06. The number of carbonyl (C=O) groups excluding carboxylic acids is 1. The molecule has 0 amide bonds. The first-order valence-corrected chi connectivity index (χ1v) is 11.1. The predicted octanol–water partition coefficient (Wildman–Crippen LogP) is 5.88. The third-order valence-corrected chi connectivity index (χ3v) is 5.36. The van der Waals surface area contributed by atoms with Crippen molar-refractivity contribution in [3.63, 3.8) is 0 Å². The molecule has 0 bridgehead atoms. The number of nitrogens with zero attached hydrogens (tertiary/aromatic N) is 2. The molecule has 3 aromatic carbocycles. The maximum absolute atomic E-state index is 12.4. The van der Waals surface area contributed by atoms with Gasteiger partial charge in [-0.15, -0.1) is 0 Å². The molecule has 1 aliphatic rings. The maximum atomic E-state index is 12.4. The van der Waals surface area contributed by atoms with Gasteiger partial charge in [0.15, 0.2) is 17.2 Å². The van der Waals surface area contributed by atoms with Crippen molar-refractivity contribution in [2.75, 3.05) is 6.61 Å². The molecule has 4 rings (SSSR count). The van der Waals surface area contributed by atoms with Crippen molar-refractivity contribution in [3.8, 4) is 11.5 Å². The zero-order valence-electron chi connectivity index (χ0n) is 19.0. The monoisotopic (exact) mass is 492 g/mol. The van der Waals surface area contributed by atoms with E-state index in [2.05, 4.69) is 4.99 Å². The van der Waals surface area contributed by atoms with Crippen molar-refractivity contribution in [2.45, 2.75) is 20.5 Å². The van der Waals surface area contributed by atoms with Crippen LogP contribution >= 0.6 is 11.6 Å². The molecular weight excluding hydrogens is 472 g/mol. The van der Waals surface area contributed by atoms with E-state index in [1.807, 2.05) is 25.1 Å². The molecule has 1 aliphatic heterocycles. The van der Waals surface area contributed by atoms with Crippen molar-refractivity contribution in [2.24, 2.45) is 4.99 Å². The van der Waals surface area contributed by atoms with Gasteiger partial charge in [-0.2, -0.15) is 0 Å². The first-order valence-electron chi connectivity index (χ1n) is 10.8. The molecule has 9 heteroatoms. The number of cyclic esters (lactones) is 1. The molecule has 0 aliphatic carbocycles. The highest BCUT2D eigenvalue weighted by Crippen LogP contribution is 2.31. The minimum atomic E-state index is -0.650. The lowest BCUT2D eigenvalue weighted by atomic mass is 10.1. The van der Waals surface area contributed by atoms with Gasteiger partial charge in [0.2, 0.25) is 5.90 Å². The molecular formula is C26H21ClN2O6. The van der Waals surface area contributed by atoms with Crippen molar-refractivity contribution in [1.29, 1.82) is 0 Å². The normalized spacial score (nSPS) is 14.0. The number of aryl methyl sites for hydroxylation is 1. The topological polar surface area (TPSA) is 100 Å². The Labute approximate surface area is 206 Å². The average Bonchev–Trinajstić information content (AvgIpc) is 3.19. The minimum Gasteiger partial charge on any atom is -0.490 e. The molecule has 8 nitrogen and oxygen atoms in total. The number of ether oxygens (including phenoxy) is 3. The molecule has 1 heterocycles. The Morgan fingerprint density at radius 1 is 1.09 bits per heavy atom. The molecule has 0 atom stereocenters. The second kappa shape index (κ2) is 10.4.